The minimum atomic E-state index is 0.463. The Kier molecular flexibility index (Phi) is 3.08. The van der Waals surface area contributed by atoms with E-state index >= 15 is 0 Å². The van der Waals surface area contributed by atoms with Crippen LogP contribution in [0.15, 0.2) is 42.5 Å². The topological polar surface area (TPSA) is 21.3 Å². The average Bonchev–Trinajstić information content (AvgIpc) is 2.40. The molecule has 2 aromatic carbocycles. The molecule has 1 aliphatic rings. The fraction of sp³-hybridized carbons (Fsp3) is 0.333. The summed E-state index contributed by atoms with van der Waals surface area (Å²) >= 11 is 0. The summed E-state index contributed by atoms with van der Waals surface area (Å²) in [6.07, 6.45) is 1.05. The van der Waals surface area contributed by atoms with Gasteiger partial charge >= 0.3 is 0 Å². The number of ether oxygens (including phenoxy) is 1. The Morgan fingerprint density at radius 3 is 2.82 bits per heavy atom. The van der Waals surface area contributed by atoms with Crippen molar-refractivity contribution in [1.29, 1.82) is 0 Å². The Morgan fingerprint density at radius 1 is 1.12 bits per heavy atom. The smallest absolute Gasteiger partial charge is 0.0623 e. The van der Waals surface area contributed by atoms with Crippen LogP contribution in [0.2, 0.25) is 0 Å². The largest absolute Gasteiger partial charge is 0.379 e. The van der Waals surface area contributed by atoms with E-state index in [0.717, 1.165) is 26.2 Å². The molecule has 1 heterocycles. The highest BCUT2D eigenvalue weighted by Gasteiger charge is 2.13. The summed E-state index contributed by atoms with van der Waals surface area (Å²) in [6, 6.07) is 15.7. The van der Waals surface area contributed by atoms with E-state index in [9.17, 15) is 0 Å². The molecule has 0 amide bonds. The quantitative estimate of drug-likeness (QED) is 0.850. The summed E-state index contributed by atoms with van der Waals surface area (Å²) in [4.78, 5) is 0. The van der Waals surface area contributed by atoms with E-state index in [0.29, 0.717) is 6.04 Å². The third-order valence-corrected chi connectivity index (χ3v) is 3.29. The van der Waals surface area contributed by atoms with Gasteiger partial charge in [-0.25, -0.2) is 0 Å². The van der Waals surface area contributed by atoms with Gasteiger partial charge in [0.1, 0.15) is 0 Å². The maximum absolute atomic E-state index is 5.48. The van der Waals surface area contributed by atoms with E-state index in [1.807, 2.05) is 0 Å². The van der Waals surface area contributed by atoms with E-state index in [2.05, 4.69) is 47.8 Å². The lowest BCUT2D eigenvalue weighted by molar-refractivity contribution is 0.0770. The number of hydrogen-bond acceptors (Lipinski definition) is 2. The lowest BCUT2D eigenvalue weighted by Gasteiger charge is -2.23. The zero-order chi connectivity index (χ0) is 11.5. The Hall–Kier alpha value is -1.38. The molecule has 0 aliphatic carbocycles. The summed E-state index contributed by atoms with van der Waals surface area (Å²) in [6.45, 7) is 2.64. The van der Waals surface area contributed by atoms with Gasteiger partial charge in [0.25, 0.3) is 0 Å². The number of rotatable bonds is 2. The first kappa shape index (κ1) is 10.8. The Balaban J connectivity index is 1.80. The molecule has 2 nitrogen and oxygen atoms in total. The predicted molar refractivity (Wildman–Crippen MR) is 70.3 cm³/mol. The normalized spacial score (nSPS) is 20.6. The number of hydrogen-bond donors (Lipinski definition) is 1. The first-order chi connectivity index (χ1) is 8.42. The van der Waals surface area contributed by atoms with Crippen LogP contribution >= 0.6 is 0 Å². The zero-order valence-corrected chi connectivity index (χ0v) is 9.86. The monoisotopic (exact) mass is 227 g/mol. The standard InChI is InChI=1S/C15H17NO/c1-2-4-14-9-12(5-6-13(14)3-1)10-15-11-17-8-7-16-15/h1-6,9,15-16H,7-8,10-11H2. The Labute approximate surface area is 102 Å². The molecular formula is C15H17NO. The third kappa shape index (κ3) is 2.48. The molecule has 2 aromatic rings. The SMILES string of the molecule is c1ccc2cc(CC3COCCN3)ccc2c1. The van der Waals surface area contributed by atoms with Gasteiger partial charge in [-0.2, -0.15) is 0 Å². The van der Waals surface area contributed by atoms with Crippen molar-refractivity contribution in [2.45, 2.75) is 12.5 Å². The van der Waals surface area contributed by atoms with Crippen molar-refractivity contribution in [2.75, 3.05) is 19.8 Å². The van der Waals surface area contributed by atoms with Crippen molar-refractivity contribution >= 4 is 10.8 Å². The van der Waals surface area contributed by atoms with Gasteiger partial charge in [0.2, 0.25) is 0 Å². The number of fused-ring (bicyclic) bond motifs is 1. The molecule has 1 aliphatic heterocycles. The van der Waals surface area contributed by atoms with Crippen molar-refractivity contribution in [3.05, 3.63) is 48.0 Å². The van der Waals surface area contributed by atoms with Crippen LogP contribution in [0.4, 0.5) is 0 Å². The van der Waals surface area contributed by atoms with Crippen LogP contribution < -0.4 is 5.32 Å². The molecule has 88 valence electrons. The number of benzene rings is 2. The number of morpholine rings is 1. The van der Waals surface area contributed by atoms with Crippen molar-refractivity contribution < 1.29 is 4.74 Å². The van der Waals surface area contributed by atoms with Crippen LogP contribution in [0.25, 0.3) is 10.8 Å². The second-order valence-electron chi connectivity index (χ2n) is 4.61. The molecule has 0 aromatic heterocycles. The van der Waals surface area contributed by atoms with Crippen LogP contribution in [-0.2, 0) is 11.2 Å². The van der Waals surface area contributed by atoms with Gasteiger partial charge in [-0.05, 0) is 22.8 Å². The minimum absolute atomic E-state index is 0.463. The molecule has 0 saturated carbocycles. The highest BCUT2D eigenvalue weighted by Crippen LogP contribution is 2.17. The van der Waals surface area contributed by atoms with Crippen LogP contribution in [0.5, 0.6) is 0 Å². The maximum Gasteiger partial charge on any atom is 0.0623 e. The van der Waals surface area contributed by atoms with Gasteiger partial charge in [0, 0.05) is 12.6 Å². The number of nitrogens with one attached hydrogen (secondary N) is 1. The van der Waals surface area contributed by atoms with Gasteiger partial charge in [-0.15, -0.1) is 0 Å². The van der Waals surface area contributed by atoms with Gasteiger partial charge in [-0.1, -0.05) is 42.5 Å². The minimum Gasteiger partial charge on any atom is -0.379 e. The van der Waals surface area contributed by atoms with E-state index < -0.39 is 0 Å². The van der Waals surface area contributed by atoms with Gasteiger partial charge in [-0.3, -0.25) is 0 Å². The second kappa shape index (κ2) is 4.86. The lowest BCUT2D eigenvalue weighted by atomic mass is 10.0. The molecular weight excluding hydrogens is 210 g/mol. The van der Waals surface area contributed by atoms with Crippen LogP contribution in [0, 0.1) is 0 Å². The van der Waals surface area contributed by atoms with Gasteiger partial charge in [0.15, 0.2) is 0 Å². The molecule has 2 heteroatoms. The molecule has 3 rings (SSSR count). The molecule has 0 radical (unpaired) electrons. The van der Waals surface area contributed by atoms with E-state index in [4.69, 9.17) is 4.74 Å². The van der Waals surface area contributed by atoms with Crippen LogP contribution in [-0.4, -0.2) is 25.8 Å². The van der Waals surface area contributed by atoms with Crippen molar-refractivity contribution in [3.63, 3.8) is 0 Å². The lowest BCUT2D eigenvalue weighted by Crippen LogP contribution is -2.42. The average molecular weight is 227 g/mol. The molecule has 0 spiro atoms. The summed E-state index contributed by atoms with van der Waals surface area (Å²) in [5.41, 5.74) is 1.38. The molecule has 0 bridgehead atoms. The Bertz CT molecular complexity index is 503. The fourth-order valence-corrected chi connectivity index (χ4v) is 2.40. The van der Waals surface area contributed by atoms with E-state index in [1.54, 1.807) is 0 Å². The molecule has 1 atom stereocenters. The summed E-state index contributed by atoms with van der Waals surface area (Å²) < 4.78 is 5.48. The molecule has 17 heavy (non-hydrogen) atoms. The second-order valence-corrected chi connectivity index (χ2v) is 4.61. The molecule has 1 fully saturated rings. The highest BCUT2D eigenvalue weighted by molar-refractivity contribution is 5.82. The summed E-state index contributed by atoms with van der Waals surface area (Å²) in [7, 11) is 0. The highest BCUT2D eigenvalue weighted by atomic mass is 16.5. The Morgan fingerprint density at radius 2 is 2.00 bits per heavy atom. The summed E-state index contributed by atoms with van der Waals surface area (Å²) in [5.74, 6) is 0. The van der Waals surface area contributed by atoms with Crippen LogP contribution in [0.1, 0.15) is 5.56 Å². The van der Waals surface area contributed by atoms with E-state index in [-0.39, 0.29) is 0 Å². The van der Waals surface area contributed by atoms with Gasteiger partial charge < -0.3 is 10.1 Å². The van der Waals surface area contributed by atoms with E-state index in [1.165, 1.54) is 16.3 Å². The maximum atomic E-state index is 5.48. The predicted octanol–water partition coefficient (Wildman–Crippen LogP) is 2.37. The molecule has 1 unspecified atom stereocenters. The fourth-order valence-electron chi connectivity index (χ4n) is 2.40. The summed E-state index contributed by atoms with van der Waals surface area (Å²) in [5, 5.41) is 6.12. The first-order valence-electron chi connectivity index (χ1n) is 6.21. The first-order valence-corrected chi connectivity index (χ1v) is 6.21. The van der Waals surface area contributed by atoms with Gasteiger partial charge in [0.05, 0.1) is 13.2 Å². The molecule has 1 N–H and O–H groups in total. The zero-order valence-electron chi connectivity index (χ0n) is 9.86. The molecule has 1 saturated heterocycles. The van der Waals surface area contributed by atoms with Crippen molar-refractivity contribution in [2.24, 2.45) is 0 Å². The third-order valence-electron chi connectivity index (χ3n) is 3.29. The van der Waals surface area contributed by atoms with Crippen LogP contribution in [0.3, 0.4) is 0 Å². The van der Waals surface area contributed by atoms with Crippen molar-refractivity contribution in [3.8, 4) is 0 Å². The van der Waals surface area contributed by atoms with Crippen molar-refractivity contribution in [1.82, 2.24) is 5.32 Å².